The van der Waals surface area contributed by atoms with Gasteiger partial charge in [0.15, 0.2) is 0 Å². The van der Waals surface area contributed by atoms with Crippen molar-refractivity contribution in [2.24, 2.45) is 0 Å². The third kappa shape index (κ3) is 3.65. The first-order chi connectivity index (χ1) is 8.88. The Morgan fingerprint density at radius 2 is 2.11 bits per heavy atom. The van der Waals surface area contributed by atoms with Crippen molar-refractivity contribution in [2.75, 3.05) is 12.3 Å². The monoisotopic (exact) mass is 287 g/mol. The summed E-state index contributed by atoms with van der Waals surface area (Å²) in [7, 11) is -4.09. The maximum Gasteiger partial charge on any atom is 0.244 e. The molecule has 1 aromatic rings. The maximum absolute atomic E-state index is 13.4. The van der Waals surface area contributed by atoms with Gasteiger partial charge < -0.3 is 11.1 Å². The molecule has 6 nitrogen and oxygen atoms in total. The van der Waals surface area contributed by atoms with Crippen LogP contribution in [0, 0.1) is 5.82 Å². The van der Waals surface area contributed by atoms with Crippen LogP contribution in [0.3, 0.4) is 0 Å². The Morgan fingerprint density at radius 1 is 1.42 bits per heavy atom. The van der Waals surface area contributed by atoms with E-state index < -0.39 is 33.2 Å². The summed E-state index contributed by atoms with van der Waals surface area (Å²) >= 11 is 0. The van der Waals surface area contributed by atoms with E-state index in [0.29, 0.717) is 0 Å². The van der Waals surface area contributed by atoms with Gasteiger partial charge >= 0.3 is 0 Å². The van der Waals surface area contributed by atoms with E-state index in [1.54, 1.807) is 0 Å². The molecule has 0 aliphatic heterocycles. The molecule has 0 unspecified atom stereocenters. The fourth-order valence-electron chi connectivity index (χ4n) is 1.47. The molecule has 8 heteroatoms. The average molecular weight is 287 g/mol. The largest absolute Gasteiger partial charge is 0.399 e. The summed E-state index contributed by atoms with van der Waals surface area (Å²) in [6.45, 7) is -0.424. The number of nitrogens with one attached hydrogen (secondary N) is 2. The van der Waals surface area contributed by atoms with Crippen molar-refractivity contribution in [1.82, 2.24) is 10.0 Å². The summed E-state index contributed by atoms with van der Waals surface area (Å²) in [5.74, 6) is -1.35. The molecular weight excluding hydrogens is 273 g/mol. The molecule has 0 radical (unpaired) electrons. The zero-order valence-corrected chi connectivity index (χ0v) is 10.8. The molecule has 0 spiro atoms. The molecule has 19 heavy (non-hydrogen) atoms. The number of halogens is 1. The highest BCUT2D eigenvalue weighted by Crippen LogP contribution is 2.19. The molecule has 2 rings (SSSR count). The van der Waals surface area contributed by atoms with E-state index >= 15 is 0 Å². The van der Waals surface area contributed by atoms with Crippen LogP contribution in [-0.4, -0.2) is 26.9 Å². The standard InChI is InChI=1S/C11H14FN3O3S/c12-9-4-1-7(13)5-10(9)19(17,18)14-6-11(16)15-8-2-3-8/h1,4-5,8,14H,2-3,6,13H2,(H,15,16). The zero-order valence-electron chi connectivity index (χ0n) is 10.0. The van der Waals surface area contributed by atoms with Crippen molar-refractivity contribution in [3.05, 3.63) is 24.0 Å². The molecule has 1 saturated carbocycles. The van der Waals surface area contributed by atoms with E-state index in [2.05, 4.69) is 5.32 Å². The van der Waals surface area contributed by atoms with E-state index in [0.717, 1.165) is 25.0 Å². The van der Waals surface area contributed by atoms with E-state index in [1.165, 1.54) is 6.07 Å². The average Bonchev–Trinajstić information content (AvgIpc) is 3.14. The van der Waals surface area contributed by atoms with E-state index in [4.69, 9.17) is 5.73 Å². The SMILES string of the molecule is Nc1ccc(F)c(S(=O)(=O)NCC(=O)NC2CC2)c1. The number of carbonyl (C=O) groups excluding carboxylic acids is 1. The first kappa shape index (κ1) is 13.8. The summed E-state index contributed by atoms with van der Waals surface area (Å²) in [6, 6.07) is 3.37. The lowest BCUT2D eigenvalue weighted by Gasteiger charge is -2.08. The normalized spacial score (nSPS) is 15.2. The number of carbonyl (C=O) groups is 1. The van der Waals surface area contributed by atoms with Crippen molar-refractivity contribution >= 4 is 21.6 Å². The summed E-state index contributed by atoms with van der Waals surface area (Å²) in [6.07, 6.45) is 1.81. The van der Waals surface area contributed by atoms with Crippen LogP contribution in [0.25, 0.3) is 0 Å². The molecule has 1 fully saturated rings. The minimum atomic E-state index is -4.09. The van der Waals surface area contributed by atoms with Crippen molar-refractivity contribution in [2.45, 2.75) is 23.8 Å². The molecule has 1 aliphatic carbocycles. The zero-order chi connectivity index (χ0) is 14.0. The summed E-state index contributed by atoms with van der Waals surface area (Å²) in [5.41, 5.74) is 5.55. The fourth-order valence-corrected chi connectivity index (χ4v) is 2.56. The number of nitrogen functional groups attached to an aromatic ring is 1. The van der Waals surface area contributed by atoms with Gasteiger partial charge in [0.05, 0.1) is 6.54 Å². The smallest absolute Gasteiger partial charge is 0.244 e. The van der Waals surface area contributed by atoms with E-state index in [1.807, 2.05) is 4.72 Å². The molecule has 0 saturated heterocycles. The minimum Gasteiger partial charge on any atom is -0.399 e. The van der Waals surface area contributed by atoms with Gasteiger partial charge in [-0.2, -0.15) is 0 Å². The van der Waals surface area contributed by atoms with E-state index in [9.17, 15) is 17.6 Å². The summed E-state index contributed by atoms with van der Waals surface area (Å²) in [5, 5.41) is 2.62. The highest BCUT2D eigenvalue weighted by molar-refractivity contribution is 7.89. The van der Waals surface area contributed by atoms with Crippen LogP contribution >= 0.6 is 0 Å². The molecule has 1 amide bonds. The molecule has 0 atom stereocenters. The van der Waals surface area contributed by atoms with Crippen LogP contribution in [0.5, 0.6) is 0 Å². The Bertz CT molecular complexity index is 599. The number of anilines is 1. The number of sulfonamides is 1. The van der Waals surface area contributed by atoms with Crippen LogP contribution in [0.2, 0.25) is 0 Å². The number of benzene rings is 1. The quantitative estimate of drug-likeness (QED) is 0.662. The molecule has 1 aliphatic rings. The van der Waals surface area contributed by atoms with Gasteiger partial charge in [-0.25, -0.2) is 17.5 Å². The van der Waals surface area contributed by atoms with Gasteiger partial charge in [-0.1, -0.05) is 0 Å². The minimum absolute atomic E-state index is 0.129. The highest BCUT2D eigenvalue weighted by atomic mass is 32.2. The topological polar surface area (TPSA) is 101 Å². The van der Waals surface area contributed by atoms with Crippen LogP contribution in [0.15, 0.2) is 23.1 Å². The third-order valence-corrected chi connectivity index (χ3v) is 4.03. The van der Waals surface area contributed by atoms with Crippen molar-refractivity contribution in [3.63, 3.8) is 0 Å². The van der Waals surface area contributed by atoms with Crippen molar-refractivity contribution in [3.8, 4) is 0 Å². The third-order valence-electron chi connectivity index (χ3n) is 2.61. The lowest BCUT2D eigenvalue weighted by molar-refractivity contribution is -0.120. The molecule has 1 aromatic carbocycles. The Kier molecular flexibility index (Phi) is 3.72. The lowest BCUT2D eigenvalue weighted by atomic mass is 10.3. The van der Waals surface area contributed by atoms with Gasteiger partial charge in [-0.15, -0.1) is 0 Å². The summed E-state index contributed by atoms with van der Waals surface area (Å²) < 4.78 is 39.1. The molecular formula is C11H14FN3O3S. The van der Waals surface area contributed by atoms with Gasteiger partial charge in [-0.3, -0.25) is 4.79 Å². The van der Waals surface area contributed by atoms with Crippen LogP contribution in [0.1, 0.15) is 12.8 Å². The van der Waals surface area contributed by atoms with Gasteiger partial charge in [0, 0.05) is 11.7 Å². The van der Waals surface area contributed by atoms with Gasteiger partial charge in [-0.05, 0) is 31.0 Å². The van der Waals surface area contributed by atoms with Crippen LogP contribution < -0.4 is 15.8 Å². The first-order valence-electron chi connectivity index (χ1n) is 5.72. The van der Waals surface area contributed by atoms with Crippen LogP contribution in [0.4, 0.5) is 10.1 Å². The number of hydrogen-bond acceptors (Lipinski definition) is 4. The van der Waals surface area contributed by atoms with Crippen molar-refractivity contribution < 1.29 is 17.6 Å². The number of hydrogen-bond donors (Lipinski definition) is 3. The van der Waals surface area contributed by atoms with Gasteiger partial charge in [0.1, 0.15) is 10.7 Å². The Hall–Kier alpha value is -1.67. The fraction of sp³-hybridized carbons (Fsp3) is 0.364. The molecule has 0 aromatic heterocycles. The lowest BCUT2D eigenvalue weighted by Crippen LogP contribution is -2.38. The molecule has 0 heterocycles. The molecule has 0 bridgehead atoms. The van der Waals surface area contributed by atoms with E-state index in [-0.39, 0.29) is 11.7 Å². The Labute approximate surface area is 110 Å². The molecule has 104 valence electrons. The Balaban J connectivity index is 2.04. The Morgan fingerprint density at radius 3 is 2.74 bits per heavy atom. The van der Waals surface area contributed by atoms with Crippen molar-refractivity contribution in [1.29, 1.82) is 0 Å². The first-order valence-corrected chi connectivity index (χ1v) is 7.21. The number of nitrogens with two attached hydrogens (primary N) is 1. The van der Waals surface area contributed by atoms with Crippen LogP contribution in [-0.2, 0) is 14.8 Å². The molecule has 4 N–H and O–H groups in total. The van der Waals surface area contributed by atoms with Gasteiger partial charge in [0.25, 0.3) is 0 Å². The predicted octanol–water partition coefficient (Wildman–Crippen LogP) is -0.0352. The predicted molar refractivity (Wildman–Crippen MR) is 67.2 cm³/mol. The summed E-state index contributed by atoms with van der Waals surface area (Å²) in [4.78, 5) is 10.8. The second-order valence-electron chi connectivity index (χ2n) is 4.36. The number of rotatable bonds is 5. The van der Waals surface area contributed by atoms with Gasteiger partial charge in [0.2, 0.25) is 15.9 Å². The second kappa shape index (κ2) is 5.14. The highest BCUT2D eigenvalue weighted by Gasteiger charge is 2.25. The number of amides is 1. The maximum atomic E-state index is 13.4. The second-order valence-corrected chi connectivity index (χ2v) is 6.09.